The van der Waals surface area contributed by atoms with Gasteiger partial charge in [-0.05, 0) is 34.7 Å². The molecule has 0 aliphatic carbocycles. The van der Waals surface area contributed by atoms with Crippen LogP contribution in [-0.2, 0) is 0 Å². The van der Waals surface area contributed by atoms with Crippen molar-refractivity contribution in [3.8, 4) is 0 Å². The number of anilines is 1. The summed E-state index contributed by atoms with van der Waals surface area (Å²) >= 11 is 8.28. The standard InChI is InChI=1S/C8H6INS2/c9-5-2-8-4(1-7(5)11)6(10)3-12-8/h1-3,11H,10H2. The molecule has 1 aromatic heterocycles. The third-order valence-electron chi connectivity index (χ3n) is 1.67. The van der Waals surface area contributed by atoms with Gasteiger partial charge in [-0.3, -0.25) is 0 Å². The van der Waals surface area contributed by atoms with Gasteiger partial charge in [0.1, 0.15) is 0 Å². The lowest BCUT2D eigenvalue weighted by molar-refractivity contribution is 1.47. The van der Waals surface area contributed by atoms with E-state index in [0.717, 1.165) is 16.0 Å². The normalized spacial score (nSPS) is 10.8. The molecule has 0 atom stereocenters. The SMILES string of the molecule is Nc1csc2cc(I)c(S)cc12. The topological polar surface area (TPSA) is 26.0 Å². The van der Waals surface area contributed by atoms with Gasteiger partial charge in [0, 0.05) is 23.9 Å². The Hall–Kier alpha value is 0.0600. The average Bonchev–Trinajstić information content (AvgIpc) is 2.35. The van der Waals surface area contributed by atoms with Crippen molar-refractivity contribution in [1.82, 2.24) is 0 Å². The summed E-state index contributed by atoms with van der Waals surface area (Å²) in [7, 11) is 0. The van der Waals surface area contributed by atoms with Gasteiger partial charge in [-0.15, -0.1) is 24.0 Å². The molecule has 1 heterocycles. The molecule has 2 aromatic rings. The first-order valence-electron chi connectivity index (χ1n) is 3.33. The quantitative estimate of drug-likeness (QED) is 0.566. The van der Waals surface area contributed by atoms with Crippen LogP contribution in [0.1, 0.15) is 0 Å². The highest BCUT2D eigenvalue weighted by Gasteiger charge is 2.03. The second kappa shape index (κ2) is 3.08. The zero-order chi connectivity index (χ0) is 8.72. The Bertz CT molecular complexity index is 436. The minimum Gasteiger partial charge on any atom is -0.398 e. The molecule has 0 radical (unpaired) electrons. The predicted octanol–water partition coefficient (Wildman–Crippen LogP) is 3.38. The molecule has 12 heavy (non-hydrogen) atoms. The first-order valence-corrected chi connectivity index (χ1v) is 5.74. The molecule has 4 heteroatoms. The molecule has 0 aliphatic rings. The summed E-state index contributed by atoms with van der Waals surface area (Å²) in [6, 6.07) is 4.13. The number of fused-ring (bicyclic) bond motifs is 1. The Morgan fingerprint density at radius 2 is 2.17 bits per heavy atom. The summed E-state index contributed by atoms with van der Waals surface area (Å²) in [5.41, 5.74) is 6.62. The Morgan fingerprint density at radius 1 is 1.42 bits per heavy atom. The van der Waals surface area contributed by atoms with E-state index in [1.54, 1.807) is 11.3 Å². The van der Waals surface area contributed by atoms with Crippen LogP contribution >= 0.6 is 46.6 Å². The number of thiophene rings is 1. The molecular weight excluding hydrogens is 301 g/mol. The minimum absolute atomic E-state index is 0.849. The van der Waals surface area contributed by atoms with Gasteiger partial charge in [-0.2, -0.15) is 0 Å². The van der Waals surface area contributed by atoms with Gasteiger partial charge in [0.25, 0.3) is 0 Å². The Kier molecular flexibility index (Phi) is 2.22. The third kappa shape index (κ3) is 1.31. The third-order valence-corrected chi connectivity index (χ3v) is 4.33. The lowest BCUT2D eigenvalue weighted by Crippen LogP contribution is -1.81. The van der Waals surface area contributed by atoms with Crippen LogP contribution in [0.2, 0.25) is 0 Å². The highest BCUT2D eigenvalue weighted by atomic mass is 127. The molecule has 1 nitrogen and oxygen atoms in total. The van der Waals surface area contributed by atoms with Crippen molar-refractivity contribution in [2.24, 2.45) is 0 Å². The average molecular weight is 307 g/mol. The number of rotatable bonds is 0. The predicted molar refractivity (Wildman–Crippen MR) is 66.2 cm³/mol. The zero-order valence-corrected chi connectivity index (χ0v) is 9.91. The van der Waals surface area contributed by atoms with E-state index in [1.807, 2.05) is 11.4 Å². The molecule has 1 aromatic carbocycles. The second-order valence-corrected chi connectivity index (χ2v) is 5.05. The summed E-state index contributed by atoms with van der Waals surface area (Å²) in [6.45, 7) is 0. The molecule has 0 saturated heterocycles. The van der Waals surface area contributed by atoms with Gasteiger partial charge < -0.3 is 5.73 Å². The van der Waals surface area contributed by atoms with E-state index >= 15 is 0 Å². The van der Waals surface area contributed by atoms with Crippen molar-refractivity contribution in [1.29, 1.82) is 0 Å². The second-order valence-electron chi connectivity index (χ2n) is 2.49. The maximum absolute atomic E-state index is 5.77. The fourth-order valence-electron chi connectivity index (χ4n) is 1.06. The van der Waals surface area contributed by atoms with Gasteiger partial charge in [-0.1, -0.05) is 0 Å². The molecule has 0 bridgehead atoms. The van der Waals surface area contributed by atoms with Crippen LogP contribution in [0, 0.1) is 3.57 Å². The van der Waals surface area contributed by atoms with Gasteiger partial charge in [0.15, 0.2) is 0 Å². The molecule has 2 rings (SSSR count). The summed E-state index contributed by atoms with van der Waals surface area (Å²) < 4.78 is 2.40. The van der Waals surface area contributed by atoms with E-state index in [2.05, 4.69) is 41.3 Å². The van der Waals surface area contributed by atoms with E-state index in [-0.39, 0.29) is 0 Å². The molecule has 0 saturated carbocycles. The van der Waals surface area contributed by atoms with E-state index in [0.29, 0.717) is 0 Å². The minimum atomic E-state index is 0.849. The van der Waals surface area contributed by atoms with Gasteiger partial charge in [0.2, 0.25) is 0 Å². The van der Waals surface area contributed by atoms with E-state index < -0.39 is 0 Å². The first-order chi connectivity index (χ1) is 5.68. The van der Waals surface area contributed by atoms with Crippen LogP contribution in [0.25, 0.3) is 10.1 Å². The van der Waals surface area contributed by atoms with Crippen LogP contribution in [0.4, 0.5) is 5.69 Å². The molecule has 0 spiro atoms. The van der Waals surface area contributed by atoms with Crippen molar-refractivity contribution < 1.29 is 0 Å². The van der Waals surface area contributed by atoms with E-state index in [4.69, 9.17) is 5.73 Å². The number of nitrogen functional groups attached to an aromatic ring is 1. The molecule has 0 unspecified atom stereocenters. The van der Waals surface area contributed by atoms with Crippen LogP contribution in [-0.4, -0.2) is 0 Å². The number of halogens is 1. The van der Waals surface area contributed by atoms with Crippen molar-refractivity contribution >= 4 is 62.3 Å². The van der Waals surface area contributed by atoms with Crippen LogP contribution < -0.4 is 5.73 Å². The monoisotopic (exact) mass is 307 g/mol. The van der Waals surface area contributed by atoms with Gasteiger partial charge in [-0.25, -0.2) is 0 Å². The Morgan fingerprint density at radius 3 is 2.92 bits per heavy atom. The van der Waals surface area contributed by atoms with E-state index in [1.165, 1.54) is 8.27 Å². The summed E-state index contributed by atoms with van der Waals surface area (Å²) in [5.74, 6) is 0. The zero-order valence-electron chi connectivity index (χ0n) is 6.04. The molecule has 0 aliphatic heterocycles. The number of benzene rings is 1. The molecule has 0 fully saturated rings. The number of hydrogen-bond acceptors (Lipinski definition) is 3. The lowest BCUT2D eigenvalue weighted by Gasteiger charge is -1.97. The molecule has 0 amide bonds. The lowest BCUT2D eigenvalue weighted by atomic mass is 10.2. The maximum atomic E-state index is 5.77. The molecular formula is C8H6INS2. The van der Waals surface area contributed by atoms with Gasteiger partial charge in [0.05, 0.1) is 5.69 Å². The summed E-state index contributed by atoms with van der Waals surface area (Å²) in [5, 5.41) is 3.08. The smallest absolute Gasteiger partial charge is 0.0503 e. The van der Waals surface area contributed by atoms with Crippen molar-refractivity contribution in [2.75, 3.05) is 5.73 Å². The fraction of sp³-hybridized carbons (Fsp3) is 0. The molecule has 62 valence electrons. The maximum Gasteiger partial charge on any atom is 0.0503 e. The summed E-state index contributed by atoms with van der Waals surface area (Å²) in [4.78, 5) is 0.994. The van der Waals surface area contributed by atoms with Crippen LogP contribution in [0.3, 0.4) is 0 Å². The highest BCUT2D eigenvalue weighted by Crippen LogP contribution is 2.32. The van der Waals surface area contributed by atoms with Crippen molar-refractivity contribution in [2.45, 2.75) is 4.90 Å². The Balaban J connectivity index is 2.87. The number of hydrogen-bond donors (Lipinski definition) is 2. The van der Waals surface area contributed by atoms with Crippen LogP contribution in [0.5, 0.6) is 0 Å². The number of thiol groups is 1. The largest absolute Gasteiger partial charge is 0.398 e. The van der Waals surface area contributed by atoms with E-state index in [9.17, 15) is 0 Å². The number of nitrogens with two attached hydrogens (primary N) is 1. The Labute approximate surface area is 93.5 Å². The van der Waals surface area contributed by atoms with Gasteiger partial charge >= 0.3 is 0 Å². The van der Waals surface area contributed by atoms with Crippen molar-refractivity contribution in [3.05, 3.63) is 21.1 Å². The van der Waals surface area contributed by atoms with Crippen LogP contribution in [0.15, 0.2) is 22.4 Å². The molecule has 2 N–H and O–H groups in total. The highest BCUT2D eigenvalue weighted by molar-refractivity contribution is 14.1. The van der Waals surface area contributed by atoms with Crippen molar-refractivity contribution in [3.63, 3.8) is 0 Å². The first kappa shape index (κ1) is 8.65. The fourth-order valence-corrected chi connectivity index (χ4v) is 2.80. The summed E-state index contributed by atoms with van der Waals surface area (Å²) in [6.07, 6.45) is 0.